The van der Waals surface area contributed by atoms with Crippen molar-refractivity contribution in [3.05, 3.63) is 44.7 Å². The van der Waals surface area contributed by atoms with E-state index >= 15 is 0 Å². The second kappa shape index (κ2) is 6.31. The Hall–Kier alpha value is -2.49. The van der Waals surface area contributed by atoms with E-state index in [-0.39, 0.29) is 11.4 Å². The van der Waals surface area contributed by atoms with Gasteiger partial charge in [-0.2, -0.15) is 0 Å². The number of carboxylic acid groups (broad SMARTS) is 1. The van der Waals surface area contributed by atoms with Crippen molar-refractivity contribution in [3.8, 4) is 0 Å². The maximum absolute atomic E-state index is 10.6. The van der Waals surface area contributed by atoms with E-state index in [1.807, 2.05) is 0 Å². The molecule has 0 radical (unpaired) electrons. The van der Waals surface area contributed by atoms with Crippen LogP contribution in [0.3, 0.4) is 0 Å². The lowest BCUT2D eigenvalue weighted by Gasteiger charge is -2.08. The fourth-order valence-corrected chi connectivity index (χ4v) is 2.08. The van der Waals surface area contributed by atoms with Crippen molar-refractivity contribution in [3.63, 3.8) is 0 Å². The van der Waals surface area contributed by atoms with Gasteiger partial charge in [-0.25, -0.2) is 9.48 Å². The van der Waals surface area contributed by atoms with E-state index < -0.39 is 10.9 Å². The summed E-state index contributed by atoms with van der Waals surface area (Å²) < 4.78 is 1.97. The first-order valence-electron chi connectivity index (χ1n) is 5.78. The van der Waals surface area contributed by atoms with Gasteiger partial charge >= 0.3 is 5.97 Å². The van der Waals surface area contributed by atoms with E-state index in [2.05, 4.69) is 31.6 Å². The SMILES string of the molecule is O=C(O)c1cn(CCNc2ccc([N+](=O)[O-])cc2Br)nn1. The molecule has 2 N–H and O–H groups in total. The number of nitrogens with one attached hydrogen (secondary N) is 1. The molecule has 0 saturated heterocycles. The molecule has 0 atom stereocenters. The van der Waals surface area contributed by atoms with E-state index in [0.29, 0.717) is 23.2 Å². The molecule has 1 heterocycles. The molecule has 2 aromatic rings. The number of non-ortho nitro benzene ring substituents is 1. The molecule has 21 heavy (non-hydrogen) atoms. The second-order valence-corrected chi connectivity index (χ2v) is 4.87. The van der Waals surface area contributed by atoms with Gasteiger partial charge in [0.2, 0.25) is 0 Å². The minimum absolute atomic E-state index is 0.00481. The Balaban J connectivity index is 1.93. The van der Waals surface area contributed by atoms with Crippen LogP contribution < -0.4 is 5.32 Å². The third-order valence-corrected chi connectivity index (χ3v) is 3.23. The molecule has 1 aromatic heterocycles. The first-order chi connectivity index (χ1) is 9.97. The Kier molecular flexibility index (Phi) is 4.48. The number of anilines is 1. The number of halogens is 1. The first-order valence-corrected chi connectivity index (χ1v) is 6.58. The number of hydrogen-bond donors (Lipinski definition) is 2. The van der Waals surface area contributed by atoms with Crippen molar-refractivity contribution in [1.82, 2.24) is 15.0 Å². The summed E-state index contributed by atoms with van der Waals surface area (Å²) >= 11 is 3.25. The third-order valence-electron chi connectivity index (χ3n) is 2.58. The predicted octanol–water partition coefficient (Wildman–Crippen LogP) is 1.76. The molecular weight excluding hydrogens is 346 g/mol. The Labute approximate surface area is 126 Å². The van der Waals surface area contributed by atoms with Crippen LogP contribution in [0.25, 0.3) is 0 Å². The van der Waals surface area contributed by atoms with Crippen LogP contribution in [0.2, 0.25) is 0 Å². The Morgan fingerprint density at radius 1 is 1.52 bits per heavy atom. The molecule has 0 spiro atoms. The lowest BCUT2D eigenvalue weighted by atomic mass is 10.3. The summed E-state index contributed by atoms with van der Waals surface area (Å²) in [6, 6.07) is 4.39. The van der Waals surface area contributed by atoms with E-state index in [1.165, 1.54) is 23.0 Å². The monoisotopic (exact) mass is 355 g/mol. The van der Waals surface area contributed by atoms with Gasteiger partial charge in [-0.05, 0) is 22.0 Å². The summed E-state index contributed by atoms with van der Waals surface area (Å²) in [6.07, 6.45) is 1.33. The molecule has 1 aromatic carbocycles. The van der Waals surface area contributed by atoms with Gasteiger partial charge in [0.25, 0.3) is 5.69 Å². The summed E-state index contributed by atoms with van der Waals surface area (Å²) in [5.41, 5.74) is 0.570. The van der Waals surface area contributed by atoms with Crippen molar-refractivity contribution in [2.24, 2.45) is 0 Å². The quantitative estimate of drug-likeness (QED) is 0.597. The molecular formula is C11H10BrN5O4. The van der Waals surface area contributed by atoms with Crippen LogP contribution in [0.5, 0.6) is 0 Å². The Morgan fingerprint density at radius 2 is 2.29 bits per heavy atom. The number of benzene rings is 1. The zero-order valence-corrected chi connectivity index (χ0v) is 12.1. The molecule has 0 aliphatic carbocycles. The zero-order valence-electron chi connectivity index (χ0n) is 10.6. The van der Waals surface area contributed by atoms with Crippen LogP contribution in [0.1, 0.15) is 10.5 Å². The molecule has 0 unspecified atom stereocenters. The minimum atomic E-state index is -1.13. The van der Waals surface area contributed by atoms with Crippen LogP contribution in [0.4, 0.5) is 11.4 Å². The van der Waals surface area contributed by atoms with E-state index in [0.717, 1.165) is 0 Å². The lowest BCUT2D eigenvalue weighted by molar-refractivity contribution is -0.384. The molecule has 0 aliphatic heterocycles. The number of nitrogens with zero attached hydrogens (tertiary/aromatic N) is 4. The Bertz CT molecular complexity index is 687. The number of aromatic carboxylic acids is 1. The van der Waals surface area contributed by atoms with Crippen LogP contribution >= 0.6 is 15.9 Å². The highest BCUT2D eigenvalue weighted by Crippen LogP contribution is 2.26. The van der Waals surface area contributed by atoms with Crippen LogP contribution in [0, 0.1) is 10.1 Å². The fourth-order valence-electron chi connectivity index (χ4n) is 1.57. The number of nitro groups is 1. The molecule has 9 nitrogen and oxygen atoms in total. The molecule has 0 amide bonds. The van der Waals surface area contributed by atoms with Crippen molar-refractivity contribution >= 4 is 33.3 Å². The number of nitro benzene ring substituents is 1. The number of carboxylic acids is 1. The maximum atomic E-state index is 10.6. The van der Waals surface area contributed by atoms with Gasteiger partial charge in [-0.3, -0.25) is 10.1 Å². The number of carbonyl (C=O) groups is 1. The van der Waals surface area contributed by atoms with E-state index in [1.54, 1.807) is 6.07 Å². The fraction of sp³-hybridized carbons (Fsp3) is 0.182. The number of hydrogen-bond acceptors (Lipinski definition) is 6. The number of rotatable bonds is 6. The van der Waals surface area contributed by atoms with Crippen LogP contribution in [-0.2, 0) is 6.54 Å². The maximum Gasteiger partial charge on any atom is 0.358 e. The summed E-state index contributed by atoms with van der Waals surface area (Å²) in [7, 11) is 0. The van der Waals surface area contributed by atoms with Gasteiger partial charge in [0.15, 0.2) is 5.69 Å². The van der Waals surface area contributed by atoms with Crippen molar-refractivity contribution < 1.29 is 14.8 Å². The number of aromatic nitrogens is 3. The van der Waals surface area contributed by atoms with Crippen LogP contribution in [-0.4, -0.2) is 37.5 Å². The molecule has 0 saturated carbocycles. The topological polar surface area (TPSA) is 123 Å². The Morgan fingerprint density at radius 3 is 2.86 bits per heavy atom. The predicted molar refractivity (Wildman–Crippen MR) is 76.3 cm³/mol. The van der Waals surface area contributed by atoms with Gasteiger partial charge in [0.05, 0.1) is 17.7 Å². The molecule has 10 heteroatoms. The van der Waals surface area contributed by atoms with Gasteiger partial charge in [-0.1, -0.05) is 5.21 Å². The highest BCUT2D eigenvalue weighted by Gasteiger charge is 2.10. The summed E-state index contributed by atoms with van der Waals surface area (Å²) in [5.74, 6) is -1.13. The van der Waals surface area contributed by atoms with Gasteiger partial charge in [-0.15, -0.1) is 5.10 Å². The van der Waals surface area contributed by atoms with E-state index in [4.69, 9.17) is 5.11 Å². The zero-order chi connectivity index (χ0) is 15.4. The first kappa shape index (κ1) is 14.9. The second-order valence-electron chi connectivity index (χ2n) is 4.02. The van der Waals surface area contributed by atoms with Crippen molar-refractivity contribution in [2.45, 2.75) is 6.54 Å². The van der Waals surface area contributed by atoms with E-state index in [9.17, 15) is 14.9 Å². The lowest BCUT2D eigenvalue weighted by Crippen LogP contribution is -2.11. The summed E-state index contributed by atoms with van der Waals surface area (Å²) in [4.78, 5) is 20.8. The highest BCUT2D eigenvalue weighted by atomic mass is 79.9. The minimum Gasteiger partial charge on any atom is -0.476 e. The molecule has 110 valence electrons. The molecule has 0 bridgehead atoms. The average molecular weight is 356 g/mol. The van der Waals surface area contributed by atoms with Gasteiger partial charge in [0, 0.05) is 28.8 Å². The van der Waals surface area contributed by atoms with Gasteiger partial charge < -0.3 is 10.4 Å². The molecule has 0 aliphatic rings. The average Bonchev–Trinajstić information content (AvgIpc) is 2.89. The smallest absolute Gasteiger partial charge is 0.358 e. The molecule has 0 fully saturated rings. The normalized spacial score (nSPS) is 10.3. The standard InChI is InChI=1S/C11H10BrN5O4/c12-8-5-7(17(20)21)1-2-9(8)13-3-4-16-6-10(11(18)19)14-15-16/h1-2,5-6,13H,3-4H2,(H,18,19). The molecule has 2 rings (SSSR count). The van der Waals surface area contributed by atoms with Crippen LogP contribution in [0.15, 0.2) is 28.9 Å². The van der Waals surface area contributed by atoms with Crippen molar-refractivity contribution in [1.29, 1.82) is 0 Å². The van der Waals surface area contributed by atoms with Gasteiger partial charge in [0.1, 0.15) is 0 Å². The summed E-state index contributed by atoms with van der Waals surface area (Å²) in [5, 5.41) is 29.6. The largest absolute Gasteiger partial charge is 0.476 e. The third kappa shape index (κ3) is 3.75. The highest BCUT2D eigenvalue weighted by molar-refractivity contribution is 9.10. The summed E-state index contributed by atoms with van der Waals surface area (Å²) in [6.45, 7) is 0.864. The van der Waals surface area contributed by atoms with Crippen molar-refractivity contribution in [2.75, 3.05) is 11.9 Å².